The van der Waals surface area contributed by atoms with Gasteiger partial charge in [0.15, 0.2) is 0 Å². The summed E-state index contributed by atoms with van der Waals surface area (Å²) in [4.78, 5) is 44.1. The van der Waals surface area contributed by atoms with Crippen LogP contribution < -0.4 is 11.0 Å². The SMILES string of the molecule is CCCc1nc(C(=O)NC[C@H]2CCCN(C(=O)c3n[nH]c(=O)[nH]3)C2)cs1. The van der Waals surface area contributed by atoms with E-state index in [0.717, 1.165) is 30.7 Å². The van der Waals surface area contributed by atoms with Crippen LogP contribution in [0.4, 0.5) is 0 Å². The van der Waals surface area contributed by atoms with Crippen molar-refractivity contribution < 1.29 is 9.59 Å². The Morgan fingerprint density at radius 3 is 3.04 bits per heavy atom. The quantitative estimate of drug-likeness (QED) is 0.685. The molecule has 0 bridgehead atoms. The second-order valence-electron chi connectivity index (χ2n) is 6.37. The van der Waals surface area contributed by atoms with Gasteiger partial charge in [-0.3, -0.25) is 14.6 Å². The van der Waals surface area contributed by atoms with Crippen molar-refractivity contribution in [2.75, 3.05) is 19.6 Å². The van der Waals surface area contributed by atoms with Crippen LogP contribution in [-0.2, 0) is 6.42 Å². The first kappa shape index (κ1) is 18.3. The first-order chi connectivity index (χ1) is 12.6. The number of aromatic amines is 2. The number of rotatable bonds is 6. The lowest BCUT2D eigenvalue weighted by molar-refractivity contribution is 0.0659. The molecule has 0 radical (unpaired) electrons. The van der Waals surface area contributed by atoms with Crippen molar-refractivity contribution in [3.8, 4) is 0 Å². The third kappa shape index (κ3) is 4.37. The number of piperidine rings is 1. The highest BCUT2D eigenvalue weighted by Crippen LogP contribution is 2.17. The van der Waals surface area contributed by atoms with Crippen LogP contribution in [0.25, 0.3) is 0 Å². The summed E-state index contributed by atoms with van der Waals surface area (Å²) in [5, 5.41) is 11.6. The molecule has 0 unspecified atom stereocenters. The van der Waals surface area contributed by atoms with Crippen molar-refractivity contribution in [3.05, 3.63) is 32.4 Å². The first-order valence-electron chi connectivity index (χ1n) is 8.73. The van der Waals surface area contributed by atoms with Gasteiger partial charge in [-0.25, -0.2) is 14.9 Å². The number of aromatic nitrogens is 4. The Kier molecular flexibility index (Phi) is 5.82. The van der Waals surface area contributed by atoms with Crippen LogP contribution in [0.1, 0.15) is 52.3 Å². The van der Waals surface area contributed by atoms with Crippen LogP contribution in [0.5, 0.6) is 0 Å². The topological polar surface area (TPSA) is 124 Å². The maximum Gasteiger partial charge on any atom is 0.341 e. The monoisotopic (exact) mass is 378 g/mol. The Morgan fingerprint density at radius 1 is 1.46 bits per heavy atom. The standard InChI is InChI=1S/C16H22N6O3S/c1-2-4-12-18-11(9-26-12)14(23)17-7-10-5-3-6-22(8-10)15(24)13-19-16(25)21-20-13/h9-10H,2-8H2,1H3,(H,17,23)(H2,19,20,21,25)/t10-/m1/s1. The lowest BCUT2D eigenvalue weighted by atomic mass is 9.98. The van der Waals surface area contributed by atoms with E-state index in [9.17, 15) is 14.4 Å². The Hall–Kier alpha value is -2.49. The summed E-state index contributed by atoms with van der Waals surface area (Å²) in [5.41, 5.74) is -0.0452. The second kappa shape index (κ2) is 8.26. The van der Waals surface area contributed by atoms with Crippen LogP contribution in [-0.4, -0.2) is 56.5 Å². The molecule has 1 aliphatic rings. The molecule has 2 aromatic heterocycles. The van der Waals surface area contributed by atoms with Gasteiger partial charge in [-0.1, -0.05) is 6.92 Å². The van der Waals surface area contributed by atoms with E-state index in [1.54, 1.807) is 10.3 Å². The van der Waals surface area contributed by atoms with Crippen molar-refractivity contribution >= 4 is 23.2 Å². The van der Waals surface area contributed by atoms with Gasteiger partial charge in [0, 0.05) is 25.0 Å². The number of amides is 2. The highest BCUT2D eigenvalue weighted by atomic mass is 32.1. The normalized spacial score (nSPS) is 17.3. The molecule has 10 heteroatoms. The Bertz CT molecular complexity index is 826. The fourth-order valence-corrected chi connectivity index (χ4v) is 3.89. The molecule has 0 spiro atoms. The number of carbonyl (C=O) groups is 2. The fourth-order valence-electron chi connectivity index (χ4n) is 3.01. The van der Waals surface area contributed by atoms with Gasteiger partial charge in [0.1, 0.15) is 5.69 Å². The van der Waals surface area contributed by atoms with Crippen LogP contribution in [0, 0.1) is 5.92 Å². The third-order valence-electron chi connectivity index (χ3n) is 4.31. The van der Waals surface area contributed by atoms with E-state index < -0.39 is 5.69 Å². The molecule has 3 N–H and O–H groups in total. The Morgan fingerprint density at radius 2 is 2.31 bits per heavy atom. The number of likely N-dealkylation sites (tertiary alicyclic amines) is 1. The summed E-state index contributed by atoms with van der Waals surface area (Å²) in [6, 6.07) is 0. The summed E-state index contributed by atoms with van der Waals surface area (Å²) in [6.45, 7) is 3.70. The summed E-state index contributed by atoms with van der Waals surface area (Å²) < 4.78 is 0. The summed E-state index contributed by atoms with van der Waals surface area (Å²) >= 11 is 1.50. The third-order valence-corrected chi connectivity index (χ3v) is 5.22. The van der Waals surface area contributed by atoms with Crippen molar-refractivity contribution in [3.63, 3.8) is 0 Å². The van der Waals surface area contributed by atoms with E-state index in [-0.39, 0.29) is 23.6 Å². The van der Waals surface area contributed by atoms with Crippen molar-refractivity contribution in [1.29, 1.82) is 0 Å². The predicted molar refractivity (Wildman–Crippen MR) is 96.3 cm³/mol. The largest absolute Gasteiger partial charge is 0.350 e. The molecule has 3 heterocycles. The maximum absolute atomic E-state index is 12.4. The Labute approximate surface area is 154 Å². The number of H-pyrrole nitrogens is 2. The van der Waals surface area contributed by atoms with Gasteiger partial charge in [-0.15, -0.1) is 16.4 Å². The minimum absolute atomic E-state index is 0.0191. The summed E-state index contributed by atoms with van der Waals surface area (Å²) in [6.07, 6.45) is 3.66. The molecule has 140 valence electrons. The predicted octanol–water partition coefficient (Wildman–Crippen LogP) is 0.789. The molecule has 9 nitrogen and oxygen atoms in total. The number of thiazole rings is 1. The molecule has 2 aromatic rings. The van der Waals surface area contributed by atoms with Crippen LogP contribution in [0.2, 0.25) is 0 Å². The molecule has 0 saturated carbocycles. The zero-order valence-corrected chi connectivity index (χ0v) is 15.4. The Balaban J connectivity index is 1.52. The maximum atomic E-state index is 12.4. The average Bonchev–Trinajstić information content (AvgIpc) is 3.29. The van der Waals surface area contributed by atoms with Gasteiger partial charge >= 0.3 is 5.69 Å². The highest BCUT2D eigenvalue weighted by Gasteiger charge is 2.26. The van der Waals surface area contributed by atoms with Gasteiger partial charge in [0.2, 0.25) is 5.82 Å². The number of hydrogen-bond donors (Lipinski definition) is 3. The van der Waals surface area contributed by atoms with Crippen molar-refractivity contribution in [2.45, 2.75) is 32.6 Å². The number of hydrogen-bond acceptors (Lipinski definition) is 6. The molecule has 0 aromatic carbocycles. The van der Waals surface area contributed by atoms with E-state index in [2.05, 4.69) is 32.4 Å². The van der Waals surface area contributed by atoms with Crippen molar-refractivity contribution in [2.24, 2.45) is 5.92 Å². The zero-order valence-electron chi connectivity index (χ0n) is 14.6. The van der Waals surface area contributed by atoms with Gasteiger partial charge < -0.3 is 10.2 Å². The van der Waals surface area contributed by atoms with Crippen LogP contribution in [0.3, 0.4) is 0 Å². The van der Waals surface area contributed by atoms with E-state index in [0.29, 0.717) is 25.3 Å². The number of nitrogens with zero attached hydrogens (tertiary/aromatic N) is 3. The molecule has 3 rings (SSSR count). The van der Waals surface area contributed by atoms with Crippen molar-refractivity contribution in [1.82, 2.24) is 30.4 Å². The molecule has 1 aliphatic heterocycles. The summed E-state index contributed by atoms with van der Waals surface area (Å²) in [5.74, 6) is -0.298. The fraction of sp³-hybridized carbons (Fsp3) is 0.562. The molecular weight excluding hydrogens is 356 g/mol. The van der Waals surface area contributed by atoms with Crippen LogP contribution >= 0.6 is 11.3 Å². The van der Waals surface area contributed by atoms with Gasteiger partial charge in [-0.2, -0.15) is 0 Å². The highest BCUT2D eigenvalue weighted by molar-refractivity contribution is 7.09. The molecule has 26 heavy (non-hydrogen) atoms. The van der Waals surface area contributed by atoms with Gasteiger partial charge in [0.25, 0.3) is 11.8 Å². The molecule has 1 atom stereocenters. The number of carbonyl (C=O) groups excluding carboxylic acids is 2. The molecular formula is C16H22N6O3S. The number of aryl methyl sites for hydroxylation is 1. The smallest absolute Gasteiger partial charge is 0.341 e. The van der Waals surface area contributed by atoms with Gasteiger partial charge in [0.05, 0.1) is 5.01 Å². The number of nitrogens with one attached hydrogen (secondary N) is 3. The minimum Gasteiger partial charge on any atom is -0.350 e. The average molecular weight is 378 g/mol. The molecule has 1 saturated heterocycles. The zero-order chi connectivity index (χ0) is 18.5. The van der Waals surface area contributed by atoms with E-state index in [4.69, 9.17) is 0 Å². The molecule has 1 fully saturated rings. The molecule has 2 amide bonds. The van der Waals surface area contributed by atoms with E-state index in [1.165, 1.54) is 11.3 Å². The first-order valence-corrected chi connectivity index (χ1v) is 9.61. The second-order valence-corrected chi connectivity index (χ2v) is 7.31. The lowest BCUT2D eigenvalue weighted by Crippen LogP contribution is -2.44. The minimum atomic E-state index is -0.500. The van der Waals surface area contributed by atoms with Crippen LogP contribution in [0.15, 0.2) is 10.2 Å². The summed E-state index contributed by atoms with van der Waals surface area (Å²) in [7, 11) is 0. The lowest BCUT2D eigenvalue weighted by Gasteiger charge is -2.32. The van der Waals surface area contributed by atoms with E-state index >= 15 is 0 Å². The van der Waals surface area contributed by atoms with Gasteiger partial charge in [-0.05, 0) is 31.6 Å². The molecule has 0 aliphatic carbocycles. The van der Waals surface area contributed by atoms with E-state index in [1.807, 2.05) is 0 Å².